The Bertz CT molecular complexity index is 1020. The van der Waals surface area contributed by atoms with Crippen molar-refractivity contribution in [3.05, 3.63) is 42.0 Å². The molecule has 1 aliphatic carbocycles. The number of nitrogens with zero attached hydrogens (tertiary/aromatic N) is 4. The van der Waals surface area contributed by atoms with Crippen LogP contribution in [0.25, 0.3) is 0 Å². The molecule has 1 saturated carbocycles. The third-order valence-corrected chi connectivity index (χ3v) is 6.97. The van der Waals surface area contributed by atoms with E-state index in [1.54, 1.807) is 0 Å². The normalized spacial score (nSPS) is 18.3. The summed E-state index contributed by atoms with van der Waals surface area (Å²) >= 11 is 0. The van der Waals surface area contributed by atoms with Crippen molar-refractivity contribution in [2.24, 2.45) is 0 Å². The number of rotatable bonds is 8. The van der Waals surface area contributed by atoms with Gasteiger partial charge in [0.2, 0.25) is 23.6 Å². The Morgan fingerprint density at radius 1 is 1.00 bits per heavy atom. The van der Waals surface area contributed by atoms with Crippen LogP contribution in [-0.2, 0) is 26.3 Å². The Balaban J connectivity index is 1.23. The number of hydrogen-bond acceptors (Lipinski definition) is 7. The van der Waals surface area contributed by atoms with Gasteiger partial charge in [-0.05, 0) is 25.0 Å². The Kier molecular flexibility index (Phi) is 8.69. The summed E-state index contributed by atoms with van der Waals surface area (Å²) < 4.78 is 5.48. The van der Waals surface area contributed by atoms with E-state index >= 15 is 0 Å². The summed E-state index contributed by atoms with van der Waals surface area (Å²) in [5.41, 5.74) is 0.194. The van der Waals surface area contributed by atoms with Gasteiger partial charge < -0.3 is 20.1 Å². The van der Waals surface area contributed by atoms with Gasteiger partial charge in [-0.3, -0.25) is 19.3 Å². The molecule has 194 valence electrons. The molecular formula is C26H36N6O4. The molecule has 1 aromatic carbocycles. The lowest BCUT2D eigenvalue weighted by Gasteiger charge is -2.34. The lowest BCUT2D eigenvalue weighted by Crippen LogP contribution is -2.50. The molecular weight excluding hydrogens is 460 g/mol. The van der Waals surface area contributed by atoms with Crippen molar-refractivity contribution in [3.63, 3.8) is 0 Å². The molecule has 0 bridgehead atoms. The van der Waals surface area contributed by atoms with Gasteiger partial charge in [0.15, 0.2) is 5.82 Å². The van der Waals surface area contributed by atoms with E-state index in [9.17, 15) is 14.4 Å². The monoisotopic (exact) mass is 496 g/mol. The van der Waals surface area contributed by atoms with Crippen LogP contribution in [0.15, 0.2) is 34.9 Å². The Morgan fingerprint density at radius 2 is 1.69 bits per heavy atom. The van der Waals surface area contributed by atoms with E-state index in [1.165, 1.54) is 6.92 Å². The van der Waals surface area contributed by atoms with Gasteiger partial charge in [-0.1, -0.05) is 49.0 Å². The zero-order valence-corrected chi connectivity index (χ0v) is 21.0. The van der Waals surface area contributed by atoms with Crippen LogP contribution in [0.1, 0.15) is 63.6 Å². The Morgan fingerprint density at radius 3 is 2.36 bits per heavy atom. The van der Waals surface area contributed by atoms with Gasteiger partial charge in [-0.15, -0.1) is 0 Å². The zero-order valence-electron chi connectivity index (χ0n) is 21.0. The Hall–Kier alpha value is -3.27. The predicted molar refractivity (Wildman–Crippen MR) is 134 cm³/mol. The quantitative estimate of drug-likeness (QED) is 0.539. The largest absolute Gasteiger partial charge is 0.343 e. The van der Waals surface area contributed by atoms with Crippen LogP contribution < -0.4 is 10.6 Å². The summed E-state index contributed by atoms with van der Waals surface area (Å²) in [6.07, 6.45) is 6.49. The maximum absolute atomic E-state index is 12.8. The van der Waals surface area contributed by atoms with Crippen LogP contribution in [-0.4, -0.2) is 70.4 Å². The minimum atomic E-state index is -0.586. The van der Waals surface area contributed by atoms with Crippen molar-refractivity contribution in [2.75, 3.05) is 38.0 Å². The van der Waals surface area contributed by atoms with Crippen LogP contribution in [0, 0.1) is 0 Å². The molecule has 10 nitrogen and oxygen atoms in total. The first-order chi connectivity index (χ1) is 17.4. The van der Waals surface area contributed by atoms with Crippen molar-refractivity contribution in [1.82, 2.24) is 25.3 Å². The first-order valence-corrected chi connectivity index (χ1v) is 12.9. The van der Waals surface area contributed by atoms with Gasteiger partial charge in [0.1, 0.15) is 5.54 Å². The fourth-order valence-electron chi connectivity index (χ4n) is 5.08. The van der Waals surface area contributed by atoms with Crippen LogP contribution >= 0.6 is 0 Å². The number of para-hydroxylation sites is 1. The lowest BCUT2D eigenvalue weighted by atomic mass is 9.89. The fourth-order valence-corrected chi connectivity index (χ4v) is 5.08. The van der Waals surface area contributed by atoms with Crippen LogP contribution in [0.3, 0.4) is 0 Å². The number of hydrogen-bond donors (Lipinski definition) is 2. The molecule has 0 atom stereocenters. The topological polar surface area (TPSA) is 121 Å². The molecule has 1 aliphatic heterocycles. The van der Waals surface area contributed by atoms with E-state index in [1.807, 2.05) is 35.2 Å². The molecule has 3 amide bonds. The predicted octanol–water partition coefficient (Wildman–Crippen LogP) is 2.47. The van der Waals surface area contributed by atoms with Gasteiger partial charge >= 0.3 is 0 Å². The van der Waals surface area contributed by atoms with Crippen LogP contribution in [0.2, 0.25) is 0 Å². The number of aromatic nitrogens is 2. The number of anilines is 1. The van der Waals surface area contributed by atoms with Gasteiger partial charge in [-0.25, -0.2) is 0 Å². The molecule has 36 heavy (non-hydrogen) atoms. The summed E-state index contributed by atoms with van der Waals surface area (Å²) in [5, 5.41) is 10.2. The molecule has 0 spiro atoms. The molecule has 0 unspecified atom stereocenters. The maximum Gasteiger partial charge on any atom is 0.238 e. The van der Waals surface area contributed by atoms with E-state index in [-0.39, 0.29) is 24.1 Å². The highest BCUT2D eigenvalue weighted by Crippen LogP contribution is 2.34. The van der Waals surface area contributed by atoms with E-state index in [0.717, 1.165) is 44.2 Å². The number of nitrogens with one attached hydrogen (secondary N) is 2. The minimum Gasteiger partial charge on any atom is -0.343 e. The second-order valence-corrected chi connectivity index (χ2v) is 9.76. The first-order valence-electron chi connectivity index (χ1n) is 12.9. The van der Waals surface area contributed by atoms with Crippen molar-refractivity contribution in [1.29, 1.82) is 0 Å². The van der Waals surface area contributed by atoms with E-state index in [0.29, 0.717) is 50.9 Å². The minimum absolute atomic E-state index is 0.0363. The van der Waals surface area contributed by atoms with Crippen molar-refractivity contribution < 1.29 is 18.9 Å². The van der Waals surface area contributed by atoms with E-state index < -0.39 is 5.54 Å². The molecule has 2 heterocycles. The standard InChI is InChI=1S/C26H36N6O4/c1-20(33)29-26(13-7-2-3-8-14-26)25-28-23(36-30-25)11-12-24(35)32-17-15-31(16-18-32)19-22(34)27-21-9-5-4-6-10-21/h4-6,9-10H,2-3,7-8,11-19H2,1H3,(H,27,34)(H,29,33). The van der Waals surface area contributed by atoms with Gasteiger partial charge in [0.05, 0.1) is 6.54 Å². The SMILES string of the molecule is CC(=O)NC1(c2noc(CCC(=O)N3CCN(CC(=O)Nc4ccccc4)CC3)n2)CCCCCC1. The summed E-state index contributed by atoms with van der Waals surface area (Å²) in [4.78, 5) is 45.4. The maximum atomic E-state index is 12.8. The van der Waals surface area contributed by atoms with Gasteiger partial charge in [-0.2, -0.15) is 4.98 Å². The van der Waals surface area contributed by atoms with E-state index in [4.69, 9.17) is 4.52 Å². The highest BCUT2D eigenvalue weighted by atomic mass is 16.5. The van der Waals surface area contributed by atoms with Gasteiger partial charge in [0.25, 0.3) is 0 Å². The van der Waals surface area contributed by atoms with E-state index in [2.05, 4.69) is 25.7 Å². The molecule has 1 aromatic heterocycles. The summed E-state index contributed by atoms with van der Waals surface area (Å²) in [6, 6.07) is 9.39. The number of aryl methyl sites for hydroxylation is 1. The molecule has 1 saturated heterocycles. The molecule has 2 N–H and O–H groups in total. The second kappa shape index (κ2) is 12.1. The molecule has 4 rings (SSSR count). The summed E-state index contributed by atoms with van der Waals surface area (Å²) in [5.74, 6) is 0.816. The number of benzene rings is 1. The molecule has 0 radical (unpaired) electrons. The lowest BCUT2D eigenvalue weighted by molar-refractivity contribution is -0.133. The van der Waals surface area contributed by atoms with Crippen LogP contribution in [0.4, 0.5) is 5.69 Å². The van der Waals surface area contributed by atoms with Crippen molar-refractivity contribution >= 4 is 23.4 Å². The third-order valence-electron chi connectivity index (χ3n) is 6.97. The number of piperazine rings is 1. The van der Waals surface area contributed by atoms with Crippen LogP contribution in [0.5, 0.6) is 0 Å². The summed E-state index contributed by atoms with van der Waals surface area (Å²) in [7, 11) is 0. The smallest absolute Gasteiger partial charge is 0.238 e. The fraction of sp³-hybridized carbons (Fsp3) is 0.577. The van der Waals surface area contributed by atoms with Gasteiger partial charge in [0, 0.05) is 51.6 Å². The number of carbonyl (C=O) groups excluding carboxylic acids is 3. The Labute approximate surface area is 211 Å². The molecule has 2 fully saturated rings. The van der Waals surface area contributed by atoms with Crippen molar-refractivity contribution in [3.8, 4) is 0 Å². The van der Waals surface area contributed by atoms with Crippen molar-refractivity contribution in [2.45, 2.75) is 63.8 Å². The highest BCUT2D eigenvalue weighted by molar-refractivity contribution is 5.92. The molecule has 10 heteroatoms. The zero-order chi connectivity index (χ0) is 25.4. The highest BCUT2D eigenvalue weighted by Gasteiger charge is 2.38. The first kappa shape index (κ1) is 25.8. The average Bonchev–Trinajstić information content (AvgIpc) is 3.23. The third kappa shape index (κ3) is 6.90. The average molecular weight is 497 g/mol. The second-order valence-electron chi connectivity index (χ2n) is 9.76. The number of carbonyl (C=O) groups is 3. The summed E-state index contributed by atoms with van der Waals surface area (Å²) in [6.45, 7) is 4.28. The number of amides is 3. The molecule has 2 aromatic rings. The molecule has 2 aliphatic rings.